The highest BCUT2D eigenvalue weighted by atomic mass is 15.0. The van der Waals surface area contributed by atoms with E-state index in [1.54, 1.807) is 0 Å². The third-order valence-corrected chi connectivity index (χ3v) is 7.97. The number of nitrogens with zero attached hydrogens (tertiary/aromatic N) is 4. The molecule has 4 nitrogen and oxygen atoms in total. The number of rotatable bonds is 0. The number of fused-ring (bicyclic) bond motifs is 12. The molecule has 176 valence electrons. The number of hydrogen-bond donors (Lipinski definition) is 0. The smallest absolute Gasteiger partial charge is 0.145 e. The first-order chi connectivity index (χ1) is 18.9. The van der Waals surface area contributed by atoms with Crippen LogP contribution in [0.2, 0.25) is 0 Å². The van der Waals surface area contributed by atoms with Gasteiger partial charge in [-0.15, -0.1) is 0 Å². The van der Waals surface area contributed by atoms with Gasteiger partial charge in [0.15, 0.2) is 0 Å². The van der Waals surface area contributed by atoms with E-state index in [2.05, 4.69) is 106 Å². The summed E-state index contributed by atoms with van der Waals surface area (Å²) in [5.74, 6) is 0. The molecule has 0 saturated heterocycles. The lowest BCUT2D eigenvalue weighted by Gasteiger charge is -2.10. The minimum Gasteiger partial charge on any atom is -0.293 e. The summed E-state index contributed by atoms with van der Waals surface area (Å²) in [6.07, 6.45) is 3.79. The second kappa shape index (κ2) is 7.17. The summed E-state index contributed by atoms with van der Waals surface area (Å²) < 4.78 is 4.73. The van der Waals surface area contributed by atoms with Crippen LogP contribution in [0.15, 0.2) is 122 Å². The molecule has 0 aliphatic heterocycles. The monoisotopic (exact) mass is 484 g/mol. The summed E-state index contributed by atoms with van der Waals surface area (Å²) in [6.45, 7) is 0. The molecule has 0 amide bonds. The highest BCUT2D eigenvalue weighted by molar-refractivity contribution is 6.23. The molecule has 0 unspecified atom stereocenters. The number of hydrogen-bond acceptors (Lipinski definition) is 2. The number of para-hydroxylation sites is 4. The predicted molar refractivity (Wildman–Crippen MR) is 158 cm³/mol. The number of benzene rings is 4. The van der Waals surface area contributed by atoms with Crippen molar-refractivity contribution in [1.29, 1.82) is 0 Å². The standard InChI is InChI=1S/C34H20N4/c1-3-17-29-21(9-1)23-11-5-13-25-27-15-7-20-36-34(27)38(31(23)25)30-18-4-2-10-22(30)24-12-6-14-26-28-16-8-19-35-33(28)37(29)32(24)26/h1-20H. The summed E-state index contributed by atoms with van der Waals surface area (Å²) in [7, 11) is 0. The molecule has 0 aliphatic carbocycles. The van der Waals surface area contributed by atoms with Crippen LogP contribution >= 0.6 is 0 Å². The average molecular weight is 485 g/mol. The van der Waals surface area contributed by atoms with Crippen LogP contribution in [-0.4, -0.2) is 18.8 Å². The Morgan fingerprint density at radius 1 is 0.342 bits per heavy atom. The molecule has 0 aliphatic rings. The van der Waals surface area contributed by atoms with Crippen molar-refractivity contribution < 1.29 is 0 Å². The zero-order chi connectivity index (χ0) is 24.8. The van der Waals surface area contributed by atoms with E-state index in [1.807, 2.05) is 24.5 Å². The van der Waals surface area contributed by atoms with Gasteiger partial charge in [-0.1, -0.05) is 72.8 Å². The van der Waals surface area contributed by atoms with Crippen LogP contribution < -0.4 is 0 Å². The highest BCUT2D eigenvalue weighted by Crippen LogP contribution is 2.39. The SMILES string of the molecule is c1ccc2c(c1)c1cccc3c4cccnc4n(c4ccccc4c4cccc5c6cccnc6n2c45)c13. The lowest BCUT2D eigenvalue weighted by molar-refractivity contribution is 1.25. The van der Waals surface area contributed by atoms with Gasteiger partial charge in [-0.25, -0.2) is 9.97 Å². The molecule has 5 heterocycles. The number of aromatic nitrogens is 4. The van der Waals surface area contributed by atoms with Crippen LogP contribution in [-0.2, 0) is 0 Å². The van der Waals surface area contributed by atoms with Crippen LogP contribution in [0.3, 0.4) is 0 Å². The molecule has 9 aromatic rings. The first-order valence-corrected chi connectivity index (χ1v) is 12.9. The Balaban J connectivity index is 1.81. The average Bonchev–Trinajstić information content (AvgIpc) is 3.50. The van der Waals surface area contributed by atoms with Crippen molar-refractivity contribution in [1.82, 2.24) is 18.8 Å². The molecule has 0 fully saturated rings. The van der Waals surface area contributed by atoms with Gasteiger partial charge in [0.1, 0.15) is 11.3 Å². The molecule has 9 rings (SSSR count). The Morgan fingerprint density at radius 3 is 1.18 bits per heavy atom. The molecule has 4 heteroatoms. The van der Waals surface area contributed by atoms with E-state index in [9.17, 15) is 0 Å². The maximum absolute atomic E-state index is 4.92. The van der Waals surface area contributed by atoms with Gasteiger partial charge in [-0.2, -0.15) is 0 Å². The molecular weight excluding hydrogens is 464 g/mol. The largest absolute Gasteiger partial charge is 0.293 e. The second-order valence-electron chi connectivity index (χ2n) is 9.86. The third-order valence-electron chi connectivity index (χ3n) is 7.97. The third kappa shape index (κ3) is 2.39. The molecule has 0 N–H and O–H groups in total. The molecule has 4 aromatic carbocycles. The topological polar surface area (TPSA) is 34.6 Å². The van der Waals surface area contributed by atoms with Crippen molar-refractivity contribution >= 4 is 76.5 Å². The summed E-state index contributed by atoms with van der Waals surface area (Å²) >= 11 is 0. The van der Waals surface area contributed by atoms with Gasteiger partial charge < -0.3 is 0 Å². The van der Waals surface area contributed by atoms with Crippen molar-refractivity contribution in [2.24, 2.45) is 0 Å². The van der Waals surface area contributed by atoms with Gasteiger partial charge in [0, 0.05) is 55.5 Å². The van der Waals surface area contributed by atoms with Gasteiger partial charge in [-0.3, -0.25) is 8.80 Å². The van der Waals surface area contributed by atoms with Gasteiger partial charge in [0.05, 0.1) is 22.1 Å². The summed E-state index contributed by atoms with van der Waals surface area (Å²) in [5, 5.41) is 9.39. The second-order valence-corrected chi connectivity index (χ2v) is 9.86. The van der Waals surface area contributed by atoms with E-state index in [-0.39, 0.29) is 0 Å². The fourth-order valence-corrected chi connectivity index (χ4v) is 6.48. The first kappa shape index (κ1) is 19.9. The van der Waals surface area contributed by atoms with Crippen molar-refractivity contribution in [3.05, 3.63) is 122 Å². The van der Waals surface area contributed by atoms with Gasteiger partial charge in [0.2, 0.25) is 0 Å². The van der Waals surface area contributed by atoms with E-state index in [0.717, 1.165) is 33.1 Å². The fourth-order valence-electron chi connectivity index (χ4n) is 6.48. The maximum Gasteiger partial charge on any atom is 0.145 e. The Kier molecular flexibility index (Phi) is 3.76. The Hall–Kier alpha value is -5.22. The molecule has 38 heavy (non-hydrogen) atoms. The Morgan fingerprint density at radius 2 is 0.711 bits per heavy atom. The Labute approximate surface area is 216 Å². The van der Waals surface area contributed by atoms with Crippen molar-refractivity contribution in [2.45, 2.75) is 0 Å². The molecular formula is C34H20N4. The molecule has 0 radical (unpaired) electrons. The van der Waals surface area contributed by atoms with Crippen LogP contribution in [0.5, 0.6) is 0 Å². The van der Waals surface area contributed by atoms with Gasteiger partial charge in [0.25, 0.3) is 0 Å². The van der Waals surface area contributed by atoms with Crippen molar-refractivity contribution in [3.8, 4) is 0 Å². The van der Waals surface area contributed by atoms with E-state index < -0.39 is 0 Å². The normalized spacial score (nSPS) is 12.2. The summed E-state index contributed by atoms with van der Waals surface area (Å²) in [6, 6.07) is 39.1. The minimum atomic E-state index is 0.967. The summed E-state index contributed by atoms with van der Waals surface area (Å²) in [5.41, 5.74) is 6.51. The molecule has 0 spiro atoms. The van der Waals surface area contributed by atoms with E-state index in [0.29, 0.717) is 0 Å². The number of pyridine rings is 2. The fraction of sp³-hybridized carbons (Fsp3) is 0. The van der Waals surface area contributed by atoms with E-state index >= 15 is 0 Å². The van der Waals surface area contributed by atoms with E-state index in [1.165, 1.54) is 43.4 Å². The van der Waals surface area contributed by atoms with Crippen molar-refractivity contribution in [2.75, 3.05) is 0 Å². The van der Waals surface area contributed by atoms with Crippen LogP contribution in [0.4, 0.5) is 0 Å². The van der Waals surface area contributed by atoms with Gasteiger partial charge >= 0.3 is 0 Å². The van der Waals surface area contributed by atoms with Crippen LogP contribution in [0, 0.1) is 0 Å². The molecule has 0 atom stereocenters. The van der Waals surface area contributed by atoms with Crippen molar-refractivity contribution in [3.63, 3.8) is 0 Å². The minimum absolute atomic E-state index is 0.967. The Bertz CT molecular complexity index is 2290. The predicted octanol–water partition coefficient (Wildman–Crippen LogP) is 8.46. The molecule has 5 aromatic heterocycles. The van der Waals surface area contributed by atoms with E-state index in [4.69, 9.17) is 9.97 Å². The maximum atomic E-state index is 4.92. The zero-order valence-electron chi connectivity index (χ0n) is 20.3. The first-order valence-electron chi connectivity index (χ1n) is 12.9. The molecule has 0 bridgehead atoms. The molecule has 0 saturated carbocycles. The van der Waals surface area contributed by atoms with Crippen LogP contribution in [0.25, 0.3) is 76.5 Å². The lowest BCUT2D eigenvalue weighted by Crippen LogP contribution is -1.92. The quantitative estimate of drug-likeness (QED) is 0.216. The lowest BCUT2D eigenvalue weighted by atomic mass is 10.1. The highest BCUT2D eigenvalue weighted by Gasteiger charge is 2.17. The van der Waals surface area contributed by atoms with Crippen LogP contribution in [0.1, 0.15) is 0 Å². The van der Waals surface area contributed by atoms with Gasteiger partial charge in [-0.05, 0) is 36.4 Å². The summed E-state index contributed by atoms with van der Waals surface area (Å²) in [4.78, 5) is 9.84. The zero-order valence-corrected chi connectivity index (χ0v) is 20.3.